The van der Waals surface area contributed by atoms with Gasteiger partial charge in [0.25, 0.3) is 11.8 Å². The van der Waals surface area contributed by atoms with Gasteiger partial charge in [0.15, 0.2) is 5.17 Å². The third kappa shape index (κ3) is 5.01. The van der Waals surface area contributed by atoms with Crippen LogP contribution in [0.1, 0.15) is 22.8 Å². The Morgan fingerprint density at radius 1 is 1.19 bits per heavy atom. The highest BCUT2D eigenvalue weighted by Gasteiger charge is 2.32. The van der Waals surface area contributed by atoms with Crippen molar-refractivity contribution in [2.45, 2.75) is 6.92 Å². The van der Waals surface area contributed by atoms with E-state index in [9.17, 15) is 9.59 Å². The number of halogens is 1. The quantitative estimate of drug-likeness (QED) is 0.639. The third-order valence-corrected chi connectivity index (χ3v) is 6.25. The first kappa shape index (κ1) is 21.6. The molecule has 160 valence electrons. The number of hydrogen-bond donors (Lipinski definition) is 0. The maximum atomic E-state index is 12.8. The number of amidine groups is 1. The van der Waals surface area contributed by atoms with Crippen molar-refractivity contribution in [1.82, 2.24) is 9.80 Å². The van der Waals surface area contributed by atoms with Gasteiger partial charge in [-0.15, -0.1) is 0 Å². The number of carbonyl (C=O) groups is 2. The van der Waals surface area contributed by atoms with Crippen LogP contribution in [0.5, 0.6) is 0 Å². The molecule has 4 rings (SSSR count). The lowest BCUT2D eigenvalue weighted by atomic mass is 10.1. The van der Waals surface area contributed by atoms with E-state index < -0.39 is 0 Å². The molecule has 2 aliphatic rings. The molecule has 0 spiro atoms. The van der Waals surface area contributed by atoms with Crippen LogP contribution in [-0.4, -0.2) is 59.6 Å². The van der Waals surface area contributed by atoms with Gasteiger partial charge in [0, 0.05) is 30.2 Å². The summed E-state index contributed by atoms with van der Waals surface area (Å²) in [6.45, 7) is 4.71. The Morgan fingerprint density at radius 2 is 1.94 bits per heavy atom. The van der Waals surface area contributed by atoms with Crippen molar-refractivity contribution in [3.63, 3.8) is 0 Å². The smallest absolute Gasteiger partial charge is 0.266 e. The summed E-state index contributed by atoms with van der Waals surface area (Å²) in [6.07, 6.45) is 1.84. The summed E-state index contributed by atoms with van der Waals surface area (Å²) in [7, 11) is 0. The number of rotatable bonds is 4. The van der Waals surface area contributed by atoms with Crippen LogP contribution in [0.3, 0.4) is 0 Å². The first-order valence-electron chi connectivity index (χ1n) is 10.1. The van der Waals surface area contributed by atoms with Crippen LogP contribution in [0.15, 0.2) is 58.4 Å². The normalized spacial score (nSPS) is 19.5. The molecule has 0 radical (unpaired) electrons. The van der Waals surface area contributed by atoms with Gasteiger partial charge in [0.1, 0.15) is 0 Å². The van der Waals surface area contributed by atoms with Gasteiger partial charge in [-0.2, -0.15) is 0 Å². The number of ether oxygens (including phenoxy) is 1. The molecular weight excluding hydrogens is 434 g/mol. The lowest BCUT2D eigenvalue weighted by Crippen LogP contribution is -2.40. The second kappa shape index (κ2) is 9.68. The van der Waals surface area contributed by atoms with Crippen LogP contribution in [0.25, 0.3) is 6.08 Å². The van der Waals surface area contributed by atoms with Gasteiger partial charge in [-0.1, -0.05) is 29.8 Å². The van der Waals surface area contributed by atoms with Crippen LogP contribution < -0.4 is 0 Å². The van der Waals surface area contributed by atoms with Crippen molar-refractivity contribution in [1.29, 1.82) is 0 Å². The average Bonchev–Trinajstić information content (AvgIpc) is 3.09. The second-order valence-electron chi connectivity index (χ2n) is 7.06. The van der Waals surface area contributed by atoms with E-state index in [4.69, 9.17) is 16.3 Å². The fraction of sp³-hybridized carbons (Fsp3) is 0.261. The predicted molar refractivity (Wildman–Crippen MR) is 125 cm³/mol. The Morgan fingerprint density at radius 3 is 2.65 bits per heavy atom. The summed E-state index contributed by atoms with van der Waals surface area (Å²) in [4.78, 5) is 34.3. The standard InChI is InChI=1S/C23H22ClN3O3S/c1-2-27-22(29)20(14-16-6-8-18(24)9-7-16)31-23(27)25-19-5-3-4-17(15-19)21(28)26-10-12-30-13-11-26/h3-9,14-15H,2,10-13H2,1H3/b20-14+,25-23?. The minimum absolute atomic E-state index is 0.0313. The van der Waals surface area contributed by atoms with Crippen molar-refractivity contribution in [2.75, 3.05) is 32.8 Å². The number of nitrogens with zero attached hydrogens (tertiary/aromatic N) is 3. The molecule has 6 nitrogen and oxygen atoms in total. The van der Waals surface area contributed by atoms with Crippen molar-refractivity contribution in [2.24, 2.45) is 4.99 Å². The largest absolute Gasteiger partial charge is 0.378 e. The fourth-order valence-corrected chi connectivity index (χ4v) is 4.54. The zero-order chi connectivity index (χ0) is 21.8. The van der Waals surface area contributed by atoms with Gasteiger partial charge in [0.05, 0.1) is 23.8 Å². The van der Waals surface area contributed by atoms with Crippen molar-refractivity contribution < 1.29 is 14.3 Å². The van der Waals surface area contributed by atoms with E-state index in [1.807, 2.05) is 37.3 Å². The van der Waals surface area contributed by atoms with Crippen molar-refractivity contribution in [3.8, 4) is 0 Å². The molecule has 2 amide bonds. The number of hydrogen-bond acceptors (Lipinski definition) is 5. The minimum Gasteiger partial charge on any atom is -0.378 e. The molecule has 0 saturated carbocycles. The van der Waals surface area contributed by atoms with E-state index in [1.54, 1.807) is 34.1 Å². The lowest BCUT2D eigenvalue weighted by molar-refractivity contribution is -0.122. The molecule has 8 heteroatoms. The fourth-order valence-electron chi connectivity index (χ4n) is 3.35. The van der Waals surface area contributed by atoms with Gasteiger partial charge in [-0.25, -0.2) is 4.99 Å². The molecule has 0 unspecified atom stereocenters. The van der Waals surface area contributed by atoms with E-state index >= 15 is 0 Å². The Balaban J connectivity index is 1.58. The van der Waals surface area contributed by atoms with Gasteiger partial charge in [-0.3, -0.25) is 14.5 Å². The Kier molecular flexibility index (Phi) is 6.75. The molecule has 2 saturated heterocycles. The molecule has 31 heavy (non-hydrogen) atoms. The zero-order valence-corrected chi connectivity index (χ0v) is 18.7. The summed E-state index contributed by atoms with van der Waals surface area (Å²) in [5.74, 6) is -0.113. The summed E-state index contributed by atoms with van der Waals surface area (Å²) in [5, 5.41) is 1.25. The first-order chi connectivity index (χ1) is 15.0. The molecule has 2 fully saturated rings. The molecular formula is C23H22ClN3O3S. The van der Waals surface area contributed by atoms with Crippen LogP contribution in [0.4, 0.5) is 5.69 Å². The van der Waals surface area contributed by atoms with E-state index in [0.29, 0.717) is 59.2 Å². The van der Waals surface area contributed by atoms with Crippen molar-refractivity contribution in [3.05, 3.63) is 69.6 Å². The molecule has 2 aliphatic heterocycles. The SMILES string of the molecule is CCN1C(=O)/C(=C\c2ccc(Cl)cc2)SC1=Nc1cccc(C(=O)N2CCOCC2)c1. The predicted octanol–water partition coefficient (Wildman–Crippen LogP) is 4.44. The van der Waals surface area contributed by atoms with Gasteiger partial charge in [0.2, 0.25) is 0 Å². The summed E-state index contributed by atoms with van der Waals surface area (Å²) in [6, 6.07) is 14.5. The molecule has 0 N–H and O–H groups in total. The van der Waals surface area contributed by atoms with E-state index in [1.165, 1.54) is 11.8 Å². The summed E-state index contributed by atoms with van der Waals surface area (Å²) >= 11 is 7.28. The topological polar surface area (TPSA) is 62.2 Å². The summed E-state index contributed by atoms with van der Waals surface area (Å²) < 4.78 is 5.32. The Hall–Kier alpha value is -2.61. The molecule has 2 aromatic carbocycles. The van der Waals surface area contributed by atoms with E-state index in [-0.39, 0.29) is 11.8 Å². The number of amides is 2. The monoisotopic (exact) mass is 455 g/mol. The molecule has 2 aromatic rings. The number of thioether (sulfide) groups is 1. The number of likely N-dealkylation sites (N-methyl/N-ethyl adjacent to an activating group) is 1. The molecule has 2 heterocycles. The molecule has 0 aromatic heterocycles. The van der Waals surface area contributed by atoms with Crippen molar-refractivity contribution >= 4 is 52.1 Å². The van der Waals surface area contributed by atoms with Crippen LogP contribution in [-0.2, 0) is 9.53 Å². The van der Waals surface area contributed by atoms with Crippen LogP contribution in [0.2, 0.25) is 5.02 Å². The maximum Gasteiger partial charge on any atom is 0.266 e. The molecule has 0 atom stereocenters. The van der Waals surface area contributed by atoms with E-state index in [0.717, 1.165) is 5.56 Å². The van der Waals surface area contributed by atoms with Gasteiger partial charge in [-0.05, 0) is 60.7 Å². The van der Waals surface area contributed by atoms with E-state index in [2.05, 4.69) is 4.99 Å². The van der Waals surface area contributed by atoms with Crippen LogP contribution in [0, 0.1) is 0 Å². The Labute approximate surface area is 190 Å². The first-order valence-corrected chi connectivity index (χ1v) is 11.3. The number of benzene rings is 2. The Bertz CT molecular complexity index is 1050. The second-order valence-corrected chi connectivity index (χ2v) is 8.51. The number of carbonyl (C=O) groups excluding carboxylic acids is 2. The van der Waals surface area contributed by atoms with Gasteiger partial charge < -0.3 is 9.64 Å². The number of morpholine rings is 1. The molecule has 0 aliphatic carbocycles. The highest BCUT2D eigenvalue weighted by Crippen LogP contribution is 2.34. The average molecular weight is 456 g/mol. The highest BCUT2D eigenvalue weighted by atomic mass is 35.5. The molecule has 0 bridgehead atoms. The summed E-state index contributed by atoms with van der Waals surface area (Å²) in [5.41, 5.74) is 2.12. The highest BCUT2D eigenvalue weighted by molar-refractivity contribution is 8.18. The van der Waals surface area contributed by atoms with Gasteiger partial charge >= 0.3 is 0 Å². The van der Waals surface area contributed by atoms with Crippen LogP contribution >= 0.6 is 23.4 Å². The minimum atomic E-state index is -0.0817. The number of aliphatic imine (C=N–C) groups is 1. The lowest BCUT2D eigenvalue weighted by Gasteiger charge is -2.26. The third-order valence-electron chi connectivity index (χ3n) is 4.99. The maximum absolute atomic E-state index is 12.8. The zero-order valence-electron chi connectivity index (χ0n) is 17.1.